The number of aromatic nitrogens is 2. The third kappa shape index (κ3) is 4.59. The Bertz CT molecular complexity index is 491. The number of benzene rings is 1. The molecule has 1 N–H and O–H groups in total. The van der Waals surface area contributed by atoms with Crippen LogP contribution in [0.15, 0.2) is 42.9 Å². The summed E-state index contributed by atoms with van der Waals surface area (Å²) >= 11 is 0. The predicted octanol–water partition coefficient (Wildman–Crippen LogP) is 2.37. The Kier molecular flexibility index (Phi) is 4.74. The lowest BCUT2D eigenvalue weighted by Gasteiger charge is -2.07. The first kappa shape index (κ1) is 13.4. The minimum Gasteiger partial charge on any atom is -0.435 e. The number of nitrogens with one attached hydrogen (secondary N) is 1. The zero-order valence-electron chi connectivity index (χ0n) is 10.1. The van der Waals surface area contributed by atoms with Gasteiger partial charge in [0.2, 0.25) is 0 Å². The summed E-state index contributed by atoms with van der Waals surface area (Å²) in [5.41, 5.74) is 1.88. The molecule has 1 aromatic heterocycles. The van der Waals surface area contributed by atoms with Crippen molar-refractivity contribution in [3.63, 3.8) is 0 Å². The number of halogens is 2. The fourth-order valence-electron chi connectivity index (χ4n) is 1.55. The molecule has 2 aromatic rings. The summed E-state index contributed by atoms with van der Waals surface area (Å²) < 4.78 is 28.2. The Morgan fingerprint density at radius 3 is 2.53 bits per heavy atom. The fraction of sp³-hybridized carbons (Fsp3) is 0.231. The molecule has 0 spiro atoms. The van der Waals surface area contributed by atoms with E-state index in [1.165, 1.54) is 18.5 Å². The van der Waals surface area contributed by atoms with Crippen molar-refractivity contribution in [2.45, 2.75) is 19.7 Å². The van der Waals surface area contributed by atoms with Gasteiger partial charge in [-0.05, 0) is 23.8 Å². The van der Waals surface area contributed by atoms with Crippen LogP contribution in [-0.4, -0.2) is 16.6 Å². The molecule has 0 fully saturated rings. The van der Waals surface area contributed by atoms with Crippen LogP contribution in [0.3, 0.4) is 0 Å². The molecule has 100 valence electrons. The van der Waals surface area contributed by atoms with Crippen molar-refractivity contribution >= 4 is 0 Å². The van der Waals surface area contributed by atoms with Crippen LogP contribution in [0.1, 0.15) is 11.3 Å². The Labute approximate surface area is 109 Å². The molecule has 2 rings (SSSR count). The number of hydrogen-bond donors (Lipinski definition) is 1. The van der Waals surface area contributed by atoms with Crippen molar-refractivity contribution < 1.29 is 13.5 Å². The molecule has 0 saturated carbocycles. The molecule has 0 aliphatic heterocycles. The van der Waals surface area contributed by atoms with E-state index in [0.29, 0.717) is 13.1 Å². The summed E-state index contributed by atoms with van der Waals surface area (Å²) in [6, 6.07) is 8.35. The summed E-state index contributed by atoms with van der Waals surface area (Å²) in [4.78, 5) is 7.91. The van der Waals surface area contributed by atoms with Crippen LogP contribution in [0, 0.1) is 0 Å². The number of ether oxygens (including phenoxy) is 1. The van der Waals surface area contributed by atoms with E-state index in [4.69, 9.17) is 0 Å². The average Bonchev–Trinajstić information content (AvgIpc) is 2.41. The molecular formula is C13H13F2N3O. The molecule has 0 unspecified atom stereocenters. The molecule has 0 saturated heterocycles. The molecule has 19 heavy (non-hydrogen) atoms. The lowest BCUT2D eigenvalue weighted by atomic mass is 10.2. The average molecular weight is 265 g/mol. The van der Waals surface area contributed by atoms with E-state index in [1.807, 2.05) is 6.07 Å². The summed E-state index contributed by atoms with van der Waals surface area (Å²) in [5, 5.41) is 3.20. The molecule has 1 heterocycles. The number of nitrogens with zero attached hydrogens (tertiary/aromatic N) is 2. The first-order valence-electron chi connectivity index (χ1n) is 5.73. The Balaban J connectivity index is 1.80. The minimum atomic E-state index is -2.79. The highest BCUT2D eigenvalue weighted by Crippen LogP contribution is 2.14. The van der Waals surface area contributed by atoms with Crippen molar-refractivity contribution in [1.29, 1.82) is 0 Å². The third-order valence-corrected chi connectivity index (χ3v) is 2.43. The molecule has 1 aromatic carbocycles. The molecule has 0 bridgehead atoms. The maximum Gasteiger partial charge on any atom is 0.387 e. The van der Waals surface area contributed by atoms with Crippen LogP contribution >= 0.6 is 0 Å². The van der Waals surface area contributed by atoms with Gasteiger partial charge in [-0.25, -0.2) is 9.97 Å². The topological polar surface area (TPSA) is 47.0 Å². The molecule has 6 heteroatoms. The molecule has 0 amide bonds. The van der Waals surface area contributed by atoms with Gasteiger partial charge in [0.05, 0.1) is 5.69 Å². The highest BCUT2D eigenvalue weighted by atomic mass is 19.3. The smallest absolute Gasteiger partial charge is 0.387 e. The van der Waals surface area contributed by atoms with Gasteiger partial charge in [-0.3, -0.25) is 0 Å². The maximum absolute atomic E-state index is 12.0. The first-order valence-corrected chi connectivity index (χ1v) is 5.73. The van der Waals surface area contributed by atoms with Gasteiger partial charge in [-0.2, -0.15) is 8.78 Å². The van der Waals surface area contributed by atoms with E-state index in [0.717, 1.165) is 11.3 Å². The van der Waals surface area contributed by atoms with E-state index in [1.54, 1.807) is 18.3 Å². The summed E-state index contributed by atoms with van der Waals surface area (Å²) in [6.45, 7) is -1.54. The highest BCUT2D eigenvalue weighted by molar-refractivity contribution is 5.27. The fourth-order valence-corrected chi connectivity index (χ4v) is 1.55. The van der Waals surface area contributed by atoms with Crippen molar-refractivity contribution in [3.05, 3.63) is 54.1 Å². The van der Waals surface area contributed by atoms with Gasteiger partial charge in [0.1, 0.15) is 12.1 Å². The second-order valence-electron chi connectivity index (χ2n) is 3.83. The van der Waals surface area contributed by atoms with Crippen LogP contribution in [0.25, 0.3) is 0 Å². The highest BCUT2D eigenvalue weighted by Gasteiger charge is 2.03. The third-order valence-electron chi connectivity index (χ3n) is 2.43. The molecule has 4 nitrogen and oxygen atoms in total. The van der Waals surface area contributed by atoms with Gasteiger partial charge in [-0.15, -0.1) is 0 Å². The second kappa shape index (κ2) is 6.75. The van der Waals surface area contributed by atoms with Crippen LogP contribution in [-0.2, 0) is 13.1 Å². The lowest BCUT2D eigenvalue weighted by Crippen LogP contribution is -2.13. The zero-order chi connectivity index (χ0) is 13.5. The van der Waals surface area contributed by atoms with E-state index in [9.17, 15) is 8.78 Å². The van der Waals surface area contributed by atoms with E-state index >= 15 is 0 Å². The number of alkyl halides is 2. The van der Waals surface area contributed by atoms with E-state index in [2.05, 4.69) is 20.0 Å². The summed E-state index contributed by atoms with van der Waals surface area (Å²) in [5.74, 6) is 0.162. The summed E-state index contributed by atoms with van der Waals surface area (Å²) in [7, 11) is 0. The van der Waals surface area contributed by atoms with Crippen molar-refractivity contribution in [2.75, 3.05) is 0 Å². The van der Waals surface area contributed by atoms with Crippen LogP contribution in [0.5, 0.6) is 5.75 Å². The van der Waals surface area contributed by atoms with Crippen LogP contribution < -0.4 is 10.1 Å². The van der Waals surface area contributed by atoms with Crippen molar-refractivity contribution in [3.8, 4) is 5.75 Å². The van der Waals surface area contributed by atoms with Gasteiger partial charge in [-0.1, -0.05) is 12.1 Å². The molecule has 0 aliphatic rings. The molecule has 0 radical (unpaired) electrons. The maximum atomic E-state index is 12.0. The summed E-state index contributed by atoms with van der Waals surface area (Å²) in [6.07, 6.45) is 3.17. The SMILES string of the molecule is FC(F)Oc1ccc(CNCc2ccncn2)cc1. The predicted molar refractivity (Wildman–Crippen MR) is 65.6 cm³/mol. The molecular weight excluding hydrogens is 252 g/mol. The normalized spacial score (nSPS) is 10.7. The van der Waals surface area contributed by atoms with Crippen LogP contribution in [0.4, 0.5) is 8.78 Å². The molecule has 0 aliphatic carbocycles. The largest absolute Gasteiger partial charge is 0.435 e. The Hall–Kier alpha value is -2.08. The van der Waals surface area contributed by atoms with Gasteiger partial charge < -0.3 is 10.1 Å². The molecule has 0 atom stereocenters. The van der Waals surface area contributed by atoms with Crippen molar-refractivity contribution in [2.24, 2.45) is 0 Å². The van der Waals surface area contributed by atoms with Crippen LogP contribution in [0.2, 0.25) is 0 Å². The lowest BCUT2D eigenvalue weighted by molar-refractivity contribution is -0.0498. The minimum absolute atomic E-state index is 0.162. The monoisotopic (exact) mass is 265 g/mol. The van der Waals surface area contributed by atoms with Gasteiger partial charge in [0, 0.05) is 19.3 Å². The van der Waals surface area contributed by atoms with E-state index < -0.39 is 6.61 Å². The van der Waals surface area contributed by atoms with Gasteiger partial charge in [0.25, 0.3) is 0 Å². The Morgan fingerprint density at radius 1 is 1.11 bits per heavy atom. The quantitative estimate of drug-likeness (QED) is 0.871. The van der Waals surface area contributed by atoms with Gasteiger partial charge in [0.15, 0.2) is 0 Å². The second-order valence-corrected chi connectivity index (χ2v) is 3.83. The van der Waals surface area contributed by atoms with E-state index in [-0.39, 0.29) is 5.75 Å². The van der Waals surface area contributed by atoms with Gasteiger partial charge >= 0.3 is 6.61 Å². The first-order chi connectivity index (χ1) is 9.24. The number of hydrogen-bond acceptors (Lipinski definition) is 4. The zero-order valence-corrected chi connectivity index (χ0v) is 10.1. The van der Waals surface area contributed by atoms with Crippen molar-refractivity contribution in [1.82, 2.24) is 15.3 Å². The number of rotatable bonds is 6. The standard InChI is InChI=1S/C13H13F2N3O/c14-13(15)19-12-3-1-10(2-4-12)7-17-8-11-5-6-16-9-18-11/h1-6,9,13,17H,7-8H2. The Morgan fingerprint density at radius 2 is 1.89 bits per heavy atom.